The lowest BCUT2D eigenvalue weighted by molar-refractivity contribution is -0.137. The van der Waals surface area contributed by atoms with Crippen molar-refractivity contribution in [2.75, 3.05) is 10.0 Å². The fraction of sp³-hybridized carbons (Fsp3) is 0.182. The van der Waals surface area contributed by atoms with E-state index in [1.165, 1.54) is 48.7 Å². The average molecular weight is 477 g/mol. The zero-order chi connectivity index (χ0) is 23.8. The van der Waals surface area contributed by atoms with Crippen molar-refractivity contribution in [3.05, 3.63) is 71.9 Å². The Bertz CT molecular complexity index is 1290. The molecule has 172 valence electrons. The third-order valence-corrected chi connectivity index (χ3v) is 6.86. The number of rotatable bonds is 6. The predicted molar refractivity (Wildman–Crippen MR) is 116 cm³/mol. The Morgan fingerprint density at radius 1 is 1.03 bits per heavy atom. The van der Waals surface area contributed by atoms with Crippen LogP contribution in [-0.2, 0) is 16.2 Å². The molecule has 1 aliphatic carbocycles. The maximum absolute atomic E-state index is 12.7. The van der Waals surface area contributed by atoms with Crippen molar-refractivity contribution in [2.45, 2.75) is 24.3 Å². The van der Waals surface area contributed by atoms with Crippen LogP contribution in [0.3, 0.4) is 0 Å². The molecule has 0 radical (unpaired) electrons. The molecule has 0 bridgehead atoms. The Hall–Kier alpha value is -3.60. The molecule has 3 aromatic rings. The van der Waals surface area contributed by atoms with Gasteiger partial charge in [0.2, 0.25) is 10.0 Å². The number of nitrogens with one attached hydrogen (secondary N) is 2. The van der Waals surface area contributed by atoms with Gasteiger partial charge >= 0.3 is 6.18 Å². The number of halogens is 3. The maximum atomic E-state index is 12.7. The quantitative estimate of drug-likeness (QED) is 0.354. The number of carbonyl (C=O) groups excluding carboxylic acids is 1. The number of amides is 1. The fourth-order valence-corrected chi connectivity index (χ4v) is 4.44. The predicted octanol–water partition coefficient (Wildman–Crippen LogP) is 4.63. The number of pyridine rings is 1. The molecule has 1 fully saturated rings. The average Bonchev–Trinajstić information content (AvgIpc) is 3.62. The summed E-state index contributed by atoms with van der Waals surface area (Å²) in [5.41, 5.74) is 0.463. The van der Waals surface area contributed by atoms with Gasteiger partial charge in [-0.1, -0.05) is 12.1 Å². The van der Waals surface area contributed by atoms with Crippen LogP contribution in [-0.4, -0.2) is 29.7 Å². The van der Waals surface area contributed by atoms with Crippen LogP contribution < -0.4 is 10.0 Å². The van der Waals surface area contributed by atoms with Gasteiger partial charge in [-0.3, -0.25) is 14.5 Å². The summed E-state index contributed by atoms with van der Waals surface area (Å²) in [6, 6.07) is 11.4. The van der Waals surface area contributed by atoms with E-state index in [-0.39, 0.29) is 22.7 Å². The van der Waals surface area contributed by atoms with E-state index in [0.29, 0.717) is 24.1 Å². The molecule has 3 N–H and O–H groups in total. The molecule has 1 amide bonds. The summed E-state index contributed by atoms with van der Waals surface area (Å²) in [6.45, 7) is 0. The summed E-state index contributed by atoms with van der Waals surface area (Å²) in [5.74, 6) is -0.817. The molecule has 2 aromatic carbocycles. The van der Waals surface area contributed by atoms with E-state index in [4.69, 9.17) is 0 Å². The molecule has 1 heterocycles. The molecule has 1 aromatic heterocycles. The van der Waals surface area contributed by atoms with Crippen molar-refractivity contribution in [1.82, 2.24) is 4.98 Å². The molecular weight excluding hydrogens is 459 g/mol. The second-order valence-electron chi connectivity index (χ2n) is 7.54. The van der Waals surface area contributed by atoms with Crippen LogP contribution in [0.4, 0.5) is 24.5 Å². The van der Waals surface area contributed by atoms with Gasteiger partial charge in [-0.25, -0.2) is 8.42 Å². The molecule has 0 saturated heterocycles. The molecular formula is C22H18F3N3O4S. The molecule has 0 aliphatic heterocycles. The standard InChI is InChI=1S/C22H18F3N3O4S/c23-22(24,25)15-4-1-13(2-5-15)18-9-3-14(12-26-18)21(30)27-16-6-10-20(29)19(11-16)28-33(31,32)17-7-8-17/h1-6,9-12,17,28-29H,7-8H2,(H,27,30). The second kappa shape index (κ2) is 8.39. The molecule has 0 spiro atoms. The first-order valence-electron chi connectivity index (χ1n) is 9.82. The highest BCUT2D eigenvalue weighted by atomic mass is 32.2. The number of aromatic nitrogens is 1. The summed E-state index contributed by atoms with van der Waals surface area (Å²) in [7, 11) is -3.60. The van der Waals surface area contributed by atoms with Gasteiger partial charge in [0.05, 0.1) is 27.8 Å². The summed E-state index contributed by atoms with van der Waals surface area (Å²) in [4.78, 5) is 16.7. The Labute approximate surface area is 187 Å². The van der Waals surface area contributed by atoms with E-state index >= 15 is 0 Å². The molecule has 7 nitrogen and oxygen atoms in total. The first-order chi connectivity index (χ1) is 15.5. The van der Waals surface area contributed by atoms with E-state index < -0.39 is 32.9 Å². The number of hydrogen-bond donors (Lipinski definition) is 3. The number of phenols is 1. The first kappa shape index (κ1) is 22.6. The van der Waals surface area contributed by atoms with E-state index in [9.17, 15) is 31.5 Å². The molecule has 1 aliphatic rings. The molecule has 0 unspecified atom stereocenters. The highest BCUT2D eigenvalue weighted by molar-refractivity contribution is 7.93. The number of carbonyl (C=O) groups is 1. The minimum atomic E-state index is -4.43. The van der Waals surface area contributed by atoms with Gasteiger partial charge < -0.3 is 10.4 Å². The summed E-state index contributed by atoms with van der Waals surface area (Å²) in [6.07, 6.45) is -2.04. The summed E-state index contributed by atoms with van der Waals surface area (Å²) in [5, 5.41) is 12.0. The second-order valence-corrected chi connectivity index (χ2v) is 9.50. The SMILES string of the molecule is O=C(Nc1ccc(O)c(NS(=O)(=O)C2CC2)c1)c1ccc(-c2ccc(C(F)(F)F)cc2)nc1. The van der Waals surface area contributed by atoms with Crippen LogP contribution in [0.2, 0.25) is 0 Å². The van der Waals surface area contributed by atoms with Crippen molar-refractivity contribution >= 4 is 27.3 Å². The van der Waals surface area contributed by atoms with Gasteiger partial charge in [0.15, 0.2) is 0 Å². The monoisotopic (exact) mass is 477 g/mol. The highest BCUT2D eigenvalue weighted by Crippen LogP contribution is 2.34. The molecule has 0 atom stereocenters. The molecule has 4 rings (SSSR count). The van der Waals surface area contributed by atoms with Crippen molar-refractivity contribution in [1.29, 1.82) is 0 Å². The fourth-order valence-electron chi connectivity index (χ4n) is 3.04. The van der Waals surface area contributed by atoms with Crippen molar-refractivity contribution in [3.8, 4) is 17.0 Å². The van der Waals surface area contributed by atoms with Gasteiger partial charge in [-0.2, -0.15) is 13.2 Å². The number of anilines is 2. The van der Waals surface area contributed by atoms with Crippen LogP contribution in [0.15, 0.2) is 60.8 Å². The lowest BCUT2D eigenvalue weighted by atomic mass is 10.1. The van der Waals surface area contributed by atoms with Crippen molar-refractivity contribution < 1.29 is 31.5 Å². The Morgan fingerprint density at radius 2 is 1.73 bits per heavy atom. The van der Waals surface area contributed by atoms with Crippen LogP contribution >= 0.6 is 0 Å². The van der Waals surface area contributed by atoms with E-state index in [2.05, 4.69) is 15.0 Å². The van der Waals surface area contributed by atoms with Gasteiger partial charge in [0.25, 0.3) is 5.91 Å². The van der Waals surface area contributed by atoms with Crippen LogP contribution in [0.5, 0.6) is 5.75 Å². The first-order valence-corrected chi connectivity index (χ1v) is 11.4. The number of phenolic OH excluding ortho intramolecular Hbond substituents is 1. The van der Waals surface area contributed by atoms with Crippen molar-refractivity contribution in [2.24, 2.45) is 0 Å². The summed E-state index contributed by atoms with van der Waals surface area (Å²) < 4.78 is 64.7. The minimum Gasteiger partial charge on any atom is -0.506 e. The zero-order valence-corrected chi connectivity index (χ0v) is 17.7. The van der Waals surface area contributed by atoms with Gasteiger partial charge in [-0.15, -0.1) is 0 Å². The molecule has 11 heteroatoms. The Balaban J connectivity index is 1.46. The number of hydrogen-bond acceptors (Lipinski definition) is 5. The van der Waals surface area contributed by atoms with Gasteiger partial charge in [-0.05, 0) is 55.3 Å². The number of alkyl halides is 3. The lowest BCUT2D eigenvalue weighted by Gasteiger charge is -2.12. The lowest BCUT2D eigenvalue weighted by Crippen LogP contribution is -2.18. The van der Waals surface area contributed by atoms with Crippen molar-refractivity contribution in [3.63, 3.8) is 0 Å². The third-order valence-electron chi connectivity index (χ3n) is 5.00. The van der Waals surface area contributed by atoms with Crippen LogP contribution in [0.1, 0.15) is 28.8 Å². The highest BCUT2D eigenvalue weighted by Gasteiger charge is 2.36. The normalized spacial score (nSPS) is 14.0. The van der Waals surface area contributed by atoms with E-state index in [0.717, 1.165) is 12.1 Å². The third kappa shape index (κ3) is 5.25. The minimum absolute atomic E-state index is 0.0459. The molecule has 33 heavy (non-hydrogen) atoms. The van der Waals surface area contributed by atoms with Gasteiger partial charge in [0, 0.05) is 17.4 Å². The van der Waals surface area contributed by atoms with E-state index in [1.807, 2.05) is 0 Å². The maximum Gasteiger partial charge on any atom is 0.416 e. The molecule has 1 saturated carbocycles. The largest absolute Gasteiger partial charge is 0.506 e. The Morgan fingerprint density at radius 3 is 2.30 bits per heavy atom. The topological polar surface area (TPSA) is 108 Å². The number of nitrogens with zero attached hydrogens (tertiary/aromatic N) is 1. The van der Waals surface area contributed by atoms with Crippen LogP contribution in [0.25, 0.3) is 11.3 Å². The Kier molecular flexibility index (Phi) is 5.75. The number of aromatic hydroxyl groups is 1. The smallest absolute Gasteiger partial charge is 0.416 e. The number of benzene rings is 2. The van der Waals surface area contributed by atoms with E-state index in [1.54, 1.807) is 0 Å². The zero-order valence-electron chi connectivity index (χ0n) is 16.9. The van der Waals surface area contributed by atoms with Gasteiger partial charge in [0.1, 0.15) is 5.75 Å². The number of sulfonamides is 1. The van der Waals surface area contributed by atoms with Crippen LogP contribution in [0, 0.1) is 0 Å². The summed E-state index contributed by atoms with van der Waals surface area (Å²) >= 11 is 0.